The lowest BCUT2D eigenvalue weighted by Gasteiger charge is -1.95. The number of nitrogens with two attached hydrogens (primary N) is 1. The maximum Gasteiger partial charge on any atom is 0.316 e. The first-order valence-corrected chi connectivity index (χ1v) is 5.09. The lowest BCUT2D eigenvalue weighted by atomic mass is 10.4. The molecule has 0 saturated carbocycles. The van der Waals surface area contributed by atoms with Crippen molar-refractivity contribution in [3.63, 3.8) is 0 Å². The monoisotopic (exact) mass is 195 g/mol. The van der Waals surface area contributed by atoms with Crippen LogP contribution in [0.25, 0.3) is 0 Å². The summed E-state index contributed by atoms with van der Waals surface area (Å²) < 4.78 is 14.0. The van der Waals surface area contributed by atoms with Crippen LogP contribution < -0.4 is 5.73 Å². The van der Waals surface area contributed by atoms with Crippen molar-refractivity contribution in [3.05, 3.63) is 12.3 Å². The highest BCUT2D eigenvalue weighted by Crippen LogP contribution is 2.13. The number of unbranched alkanes of at least 4 members (excludes halogenated alkanes) is 1. The summed E-state index contributed by atoms with van der Waals surface area (Å²) in [5, 5.41) is 0. The fourth-order valence-electron chi connectivity index (χ4n) is 0.154. The molecular weight excluding hydrogens is 177 g/mol. The van der Waals surface area contributed by atoms with Crippen molar-refractivity contribution in [2.45, 2.75) is 26.7 Å². The zero-order valence-corrected chi connectivity index (χ0v) is 8.67. The van der Waals surface area contributed by atoms with Gasteiger partial charge in [0.05, 0.1) is 6.61 Å². The van der Waals surface area contributed by atoms with Crippen LogP contribution in [0.5, 0.6) is 0 Å². The Morgan fingerprint density at radius 3 is 2.08 bits per heavy atom. The van der Waals surface area contributed by atoms with E-state index >= 15 is 0 Å². The third-order valence-corrected chi connectivity index (χ3v) is 1.27. The van der Waals surface area contributed by atoms with Crippen LogP contribution in [0.2, 0.25) is 0 Å². The SMILES string of the molecule is C=C(N)CO[PH](=O)O.CCCC. The molecule has 0 aromatic heterocycles. The Balaban J connectivity index is 0. The van der Waals surface area contributed by atoms with E-state index in [1.165, 1.54) is 12.8 Å². The fraction of sp³-hybridized carbons (Fsp3) is 0.714. The van der Waals surface area contributed by atoms with Crippen LogP contribution in [0.3, 0.4) is 0 Å². The van der Waals surface area contributed by atoms with Crippen LogP contribution in [0.4, 0.5) is 0 Å². The summed E-state index contributed by atoms with van der Waals surface area (Å²) in [6, 6.07) is 0. The van der Waals surface area contributed by atoms with Gasteiger partial charge in [0.2, 0.25) is 0 Å². The van der Waals surface area contributed by atoms with Gasteiger partial charge >= 0.3 is 8.25 Å². The van der Waals surface area contributed by atoms with Crippen molar-refractivity contribution in [1.82, 2.24) is 0 Å². The highest BCUT2D eigenvalue weighted by Gasteiger charge is 1.89. The molecule has 0 aromatic rings. The van der Waals surface area contributed by atoms with E-state index in [2.05, 4.69) is 25.0 Å². The van der Waals surface area contributed by atoms with Gasteiger partial charge in [-0.25, -0.2) is 0 Å². The predicted octanol–water partition coefficient (Wildman–Crippen LogP) is 1.66. The second-order valence-corrected chi connectivity index (χ2v) is 3.03. The molecule has 0 aliphatic carbocycles. The van der Waals surface area contributed by atoms with Gasteiger partial charge in [-0.15, -0.1) is 0 Å². The van der Waals surface area contributed by atoms with Crippen LogP contribution >= 0.6 is 8.25 Å². The predicted molar refractivity (Wildman–Crippen MR) is 51.1 cm³/mol. The van der Waals surface area contributed by atoms with Crippen molar-refractivity contribution in [1.29, 1.82) is 0 Å². The molecule has 4 nitrogen and oxygen atoms in total. The maximum atomic E-state index is 9.77. The smallest absolute Gasteiger partial charge is 0.316 e. The molecule has 0 bridgehead atoms. The molecule has 3 N–H and O–H groups in total. The average Bonchev–Trinajstić information content (AvgIpc) is 2.01. The zero-order chi connectivity index (χ0) is 9.98. The summed E-state index contributed by atoms with van der Waals surface area (Å²) in [6.45, 7) is 7.56. The number of hydrogen-bond acceptors (Lipinski definition) is 3. The van der Waals surface area contributed by atoms with Gasteiger partial charge in [0.25, 0.3) is 0 Å². The molecule has 0 aromatic carbocycles. The normalized spacial score (nSPS) is 11.2. The van der Waals surface area contributed by atoms with Gasteiger partial charge in [-0.2, -0.15) is 0 Å². The highest BCUT2D eigenvalue weighted by atomic mass is 31.1. The van der Waals surface area contributed by atoms with Gasteiger partial charge in [-0.05, 0) is 0 Å². The minimum Gasteiger partial charge on any atom is -0.401 e. The summed E-state index contributed by atoms with van der Waals surface area (Å²) in [5.41, 5.74) is 5.24. The lowest BCUT2D eigenvalue weighted by molar-refractivity contribution is 0.305. The lowest BCUT2D eigenvalue weighted by Crippen LogP contribution is -2.00. The Kier molecular flexibility index (Phi) is 12.7. The Labute approximate surface area is 74.4 Å². The Hall–Kier alpha value is -0.310. The minimum atomic E-state index is -2.82. The van der Waals surface area contributed by atoms with Gasteiger partial charge in [0.15, 0.2) is 0 Å². The molecule has 0 heterocycles. The molecule has 0 radical (unpaired) electrons. The molecule has 1 unspecified atom stereocenters. The molecule has 0 fully saturated rings. The minimum absolute atomic E-state index is 0.0473. The van der Waals surface area contributed by atoms with Crippen molar-refractivity contribution in [2.75, 3.05) is 6.61 Å². The Morgan fingerprint density at radius 2 is 2.00 bits per heavy atom. The molecule has 0 rings (SSSR count). The van der Waals surface area contributed by atoms with E-state index in [4.69, 9.17) is 10.6 Å². The van der Waals surface area contributed by atoms with Gasteiger partial charge in [0.1, 0.15) is 0 Å². The molecule has 0 aliphatic heterocycles. The van der Waals surface area contributed by atoms with Crippen molar-refractivity contribution in [2.24, 2.45) is 5.73 Å². The van der Waals surface area contributed by atoms with Crippen molar-refractivity contribution in [3.8, 4) is 0 Å². The molecule has 74 valence electrons. The van der Waals surface area contributed by atoms with E-state index in [1.54, 1.807) is 0 Å². The second-order valence-electron chi connectivity index (χ2n) is 2.21. The third kappa shape index (κ3) is 22.6. The molecule has 0 spiro atoms. The van der Waals surface area contributed by atoms with E-state index in [0.29, 0.717) is 0 Å². The molecular formula is C7H18NO3P. The van der Waals surface area contributed by atoms with Crippen LogP contribution in [0, 0.1) is 0 Å². The van der Waals surface area contributed by atoms with E-state index < -0.39 is 8.25 Å². The number of rotatable bonds is 4. The first-order chi connectivity index (χ1) is 5.54. The first kappa shape index (κ1) is 14.2. The maximum absolute atomic E-state index is 9.77. The topological polar surface area (TPSA) is 72.5 Å². The highest BCUT2D eigenvalue weighted by molar-refractivity contribution is 7.32. The van der Waals surface area contributed by atoms with Crippen molar-refractivity contribution < 1.29 is 14.0 Å². The van der Waals surface area contributed by atoms with Crippen molar-refractivity contribution >= 4 is 8.25 Å². The molecule has 5 heteroatoms. The molecule has 12 heavy (non-hydrogen) atoms. The second kappa shape index (κ2) is 10.7. The van der Waals surface area contributed by atoms with Gasteiger partial charge in [-0.3, -0.25) is 4.57 Å². The van der Waals surface area contributed by atoms with E-state index in [0.717, 1.165) is 0 Å². The quantitative estimate of drug-likeness (QED) is 0.669. The van der Waals surface area contributed by atoms with Crippen LogP contribution in [-0.4, -0.2) is 11.5 Å². The van der Waals surface area contributed by atoms with E-state index in [-0.39, 0.29) is 12.3 Å². The fourth-order valence-corrected chi connectivity index (χ4v) is 0.463. The zero-order valence-electron chi connectivity index (χ0n) is 7.67. The molecule has 1 atom stereocenters. The Morgan fingerprint density at radius 1 is 1.58 bits per heavy atom. The summed E-state index contributed by atoms with van der Waals surface area (Å²) in [7, 11) is -2.82. The number of hydrogen-bond donors (Lipinski definition) is 2. The molecule has 0 aliphatic rings. The first-order valence-electron chi connectivity index (χ1n) is 3.83. The average molecular weight is 195 g/mol. The summed E-state index contributed by atoms with van der Waals surface area (Å²) in [4.78, 5) is 8.03. The van der Waals surface area contributed by atoms with Crippen LogP contribution in [-0.2, 0) is 9.09 Å². The van der Waals surface area contributed by atoms with Gasteiger partial charge in [-0.1, -0.05) is 33.3 Å². The summed E-state index contributed by atoms with van der Waals surface area (Å²) >= 11 is 0. The largest absolute Gasteiger partial charge is 0.401 e. The Bertz CT molecular complexity index is 123. The van der Waals surface area contributed by atoms with E-state index in [1.807, 2.05) is 0 Å². The standard InChI is InChI=1S/C4H10.C3H8NO3P/c1-3-4-2;1-3(4)2-7-8(5)6/h3-4H2,1-2H3;8H,1-2,4H2,(H,5,6). The summed E-state index contributed by atoms with van der Waals surface area (Å²) in [6.07, 6.45) is 2.64. The van der Waals surface area contributed by atoms with Crippen LogP contribution in [0.1, 0.15) is 26.7 Å². The molecule has 0 amide bonds. The van der Waals surface area contributed by atoms with E-state index in [9.17, 15) is 4.57 Å². The molecule has 0 saturated heterocycles. The van der Waals surface area contributed by atoms with Crippen LogP contribution in [0.15, 0.2) is 12.3 Å². The summed E-state index contributed by atoms with van der Waals surface area (Å²) in [5.74, 6) is 0. The van der Waals surface area contributed by atoms with Gasteiger partial charge < -0.3 is 15.2 Å². The third-order valence-electron chi connectivity index (χ3n) is 0.881. The van der Waals surface area contributed by atoms with Gasteiger partial charge in [0, 0.05) is 5.70 Å².